The molecule has 0 amide bonds. The molecular formula is C18H26FN3O3. The topological polar surface area (TPSA) is 74.2 Å². The van der Waals surface area contributed by atoms with Crippen LogP contribution in [0.2, 0.25) is 0 Å². The summed E-state index contributed by atoms with van der Waals surface area (Å²) in [6.07, 6.45) is 1.72. The van der Waals surface area contributed by atoms with E-state index in [1.165, 1.54) is 6.07 Å². The maximum atomic E-state index is 13.5. The van der Waals surface area contributed by atoms with Crippen molar-refractivity contribution in [2.75, 3.05) is 26.7 Å². The van der Waals surface area contributed by atoms with Gasteiger partial charge in [0.1, 0.15) is 5.82 Å². The SMILES string of the molecule is CCOC(=O)C1CCCN(C(=NC)NCc2ccc(F)c(CO)c2)C1. The Balaban J connectivity index is 1.96. The summed E-state index contributed by atoms with van der Waals surface area (Å²) in [5.74, 6) is -0.0133. The summed E-state index contributed by atoms with van der Waals surface area (Å²) in [5.41, 5.74) is 1.13. The normalized spacial score (nSPS) is 18.2. The number of piperidine rings is 1. The molecule has 0 aromatic heterocycles. The van der Waals surface area contributed by atoms with Gasteiger partial charge >= 0.3 is 5.97 Å². The fraction of sp³-hybridized carbons (Fsp3) is 0.556. The number of likely N-dealkylation sites (tertiary alicyclic amines) is 1. The number of hydrogen-bond donors (Lipinski definition) is 2. The molecule has 1 unspecified atom stereocenters. The molecule has 138 valence electrons. The zero-order chi connectivity index (χ0) is 18.2. The third-order valence-electron chi connectivity index (χ3n) is 4.28. The largest absolute Gasteiger partial charge is 0.466 e. The van der Waals surface area contributed by atoms with Crippen molar-refractivity contribution in [3.63, 3.8) is 0 Å². The van der Waals surface area contributed by atoms with Crippen LogP contribution in [0.3, 0.4) is 0 Å². The molecule has 1 aliphatic rings. The van der Waals surface area contributed by atoms with E-state index in [1.807, 2.05) is 11.8 Å². The van der Waals surface area contributed by atoms with Crippen molar-refractivity contribution in [2.45, 2.75) is 32.9 Å². The van der Waals surface area contributed by atoms with Crippen LogP contribution in [0.15, 0.2) is 23.2 Å². The molecule has 1 atom stereocenters. The van der Waals surface area contributed by atoms with Crippen molar-refractivity contribution < 1.29 is 19.0 Å². The van der Waals surface area contributed by atoms with E-state index in [0.29, 0.717) is 25.7 Å². The molecule has 1 aromatic carbocycles. The summed E-state index contributed by atoms with van der Waals surface area (Å²) >= 11 is 0. The Morgan fingerprint density at radius 3 is 3.00 bits per heavy atom. The zero-order valence-corrected chi connectivity index (χ0v) is 14.8. The number of nitrogens with zero attached hydrogens (tertiary/aromatic N) is 2. The van der Waals surface area contributed by atoms with Gasteiger partial charge in [-0.05, 0) is 37.5 Å². The number of halogens is 1. The number of benzene rings is 1. The minimum absolute atomic E-state index is 0.140. The molecule has 2 N–H and O–H groups in total. The van der Waals surface area contributed by atoms with Crippen molar-refractivity contribution in [3.8, 4) is 0 Å². The van der Waals surface area contributed by atoms with E-state index < -0.39 is 5.82 Å². The number of aliphatic hydroxyl groups is 1. The Bertz CT molecular complexity index is 622. The molecule has 1 aliphatic heterocycles. The van der Waals surface area contributed by atoms with E-state index in [-0.39, 0.29) is 24.1 Å². The van der Waals surface area contributed by atoms with E-state index in [1.54, 1.807) is 19.2 Å². The van der Waals surface area contributed by atoms with Crippen molar-refractivity contribution >= 4 is 11.9 Å². The van der Waals surface area contributed by atoms with Crippen LogP contribution in [-0.4, -0.2) is 48.7 Å². The zero-order valence-electron chi connectivity index (χ0n) is 14.8. The Kier molecular flexibility index (Phi) is 7.18. The number of rotatable bonds is 5. The van der Waals surface area contributed by atoms with Crippen molar-refractivity contribution in [3.05, 3.63) is 35.1 Å². The minimum atomic E-state index is -0.413. The average Bonchev–Trinajstić information content (AvgIpc) is 2.64. The molecule has 7 heteroatoms. The summed E-state index contributed by atoms with van der Waals surface area (Å²) in [4.78, 5) is 18.3. The molecule has 0 aliphatic carbocycles. The highest BCUT2D eigenvalue weighted by Gasteiger charge is 2.28. The van der Waals surface area contributed by atoms with Gasteiger partial charge in [-0.25, -0.2) is 4.39 Å². The predicted octanol–water partition coefficient (Wildman–Crippen LogP) is 1.67. The standard InChI is InChI=1S/C18H26FN3O3/c1-3-25-17(24)14-5-4-8-22(11-14)18(20-2)21-10-13-6-7-16(19)15(9-13)12-23/h6-7,9,14,23H,3-5,8,10-12H2,1-2H3,(H,20,21). The highest BCUT2D eigenvalue weighted by Crippen LogP contribution is 2.18. The van der Waals surface area contributed by atoms with Gasteiger partial charge in [0.25, 0.3) is 0 Å². The maximum absolute atomic E-state index is 13.5. The number of guanidine groups is 1. The molecule has 25 heavy (non-hydrogen) atoms. The van der Waals surface area contributed by atoms with Gasteiger partial charge in [-0.3, -0.25) is 9.79 Å². The van der Waals surface area contributed by atoms with Gasteiger partial charge in [0.05, 0.1) is 19.1 Å². The third-order valence-corrected chi connectivity index (χ3v) is 4.28. The first kappa shape index (κ1) is 19.2. The predicted molar refractivity (Wildman–Crippen MR) is 93.5 cm³/mol. The molecule has 1 fully saturated rings. The first-order valence-corrected chi connectivity index (χ1v) is 8.59. The molecule has 1 saturated heterocycles. The second-order valence-electron chi connectivity index (χ2n) is 6.02. The van der Waals surface area contributed by atoms with E-state index in [0.717, 1.165) is 24.9 Å². The van der Waals surface area contributed by atoms with E-state index in [4.69, 9.17) is 9.84 Å². The van der Waals surface area contributed by atoms with Crippen LogP contribution in [0.4, 0.5) is 4.39 Å². The molecule has 6 nitrogen and oxygen atoms in total. The Hall–Kier alpha value is -2.15. The van der Waals surface area contributed by atoms with Gasteiger partial charge in [0.15, 0.2) is 5.96 Å². The van der Waals surface area contributed by atoms with Crippen LogP contribution in [-0.2, 0) is 22.7 Å². The number of carbonyl (C=O) groups excluding carboxylic acids is 1. The Morgan fingerprint density at radius 2 is 2.32 bits per heavy atom. The number of esters is 1. The van der Waals surface area contributed by atoms with Gasteiger partial charge in [-0.2, -0.15) is 0 Å². The van der Waals surface area contributed by atoms with Crippen LogP contribution < -0.4 is 5.32 Å². The Morgan fingerprint density at radius 1 is 1.52 bits per heavy atom. The first-order valence-electron chi connectivity index (χ1n) is 8.59. The second kappa shape index (κ2) is 9.36. The minimum Gasteiger partial charge on any atom is -0.466 e. The number of hydrogen-bond acceptors (Lipinski definition) is 4. The quantitative estimate of drug-likeness (QED) is 0.480. The van der Waals surface area contributed by atoms with Gasteiger partial charge in [-0.1, -0.05) is 6.07 Å². The summed E-state index contributed by atoms with van der Waals surface area (Å²) in [6.45, 7) is 3.72. The summed E-state index contributed by atoms with van der Waals surface area (Å²) in [7, 11) is 1.69. The van der Waals surface area contributed by atoms with Crippen LogP contribution in [0.1, 0.15) is 30.9 Å². The van der Waals surface area contributed by atoms with E-state index >= 15 is 0 Å². The third kappa shape index (κ3) is 5.16. The van der Waals surface area contributed by atoms with Gasteiger partial charge in [0, 0.05) is 32.2 Å². The lowest BCUT2D eigenvalue weighted by Gasteiger charge is -2.34. The highest BCUT2D eigenvalue weighted by molar-refractivity contribution is 5.81. The molecular weight excluding hydrogens is 325 g/mol. The number of aliphatic hydroxyl groups excluding tert-OH is 1. The first-order chi connectivity index (χ1) is 12.1. The molecule has 1 heterocycles. The number of aliphatic imine (C=N–C) groups is 1. The summed E-state index contributed by atoms with van der Waals surface area (Å²) in [5, 5.41) is 12.4. The monoisotopic (exact) mass is 351 g/mol. The average molecular weight is 351 g/mol. The fourth-order valence-electron chi connectivity index (χ4n) is 2.99. The van der Waals surface area contributed by atoms with E-state index in [2.05, 4.69) is 10.3 Å². The Labute approximate surface area is 147 Å². The molecule has 0 spiro atoms. The summed E-state index contributed by atoms with van der Waals surface area (Å²) < 4.78 is 18.6. The molecule has 0 saturated carbocycles. The van der Waals surface area contributed by atoms with Gasteiger partial charge < -0.3 is 20.1 Å². The molecule has 0 radical (unpaired) electrons. The maximum Gasteiger partial charge on any atom is 0.310 e. The van der Waals surface area contributed by atoms with Crippen molar-refractivity contribution in [2.24, 2.45) is 10.9 Å². The summed E-state index contributed by atoms with van der Waals surface area (Å²) in [6, 6.07) is 4.66. The second-order valence-corrected chi connectivity index (χ2v) is 6.02. The lowest BCUT2D eigenvalue weighted by atomic mass is 9.98. The van der Waals surface area contributed by atoms with Crippen molar-refractivity contribution in [1.82, 2.24) is 10.2 Å². The van der Waals surface area contributed by atoms with Crippen LogP contribution in [0.5, 0.6) is 0 Å². The van der Waals surface area contributed by atoms with Crippen LogP contribution in [0, 0.1) is 11.7 Å². The molecule has 1 aromatic rings. The smallest absolute Gasteiger partial charge is 0.310 e. The number of nitrogens with one attached hydrogen (secondary N) is 1. The lowest BCUT2D eigenvalue weighted by Crippen LogP contribution is -2.48. The fourth-order valence-corrected chi connectivity index (χ4v) is 2.99. The van der Waals surface area contributed by atoms with Crippen LogP contribution in [0.25, 0.3) is 0 Å². The lowest BCUT2D eigenvalue weighted by molar-refractivity contribution is -0.149. The molecule has 0 bridgehead atoms. The number of ether oxygens (including phenoxy) is 1. The van der Waals surface area contributed by atoms with Crippen molar-refractivity contribution in [1.29, 1.82) is 0 Å². The molecule has 2 rings (SSSR count). The van der Waals surface area contributed by atoms with Gasteiger partial charge in [-0.15, -0.1) is 0 Å². The number of carbonyl (C=O) groups is 1. The highest BCUT2D eigenvalue weighted by atomic mass is 19.1. The van der Waals surface area contributed by atoms with Crippen LogP contribution >= 0.6 is 0 Å². The van der Waals surface area contributed by atoms with E-state index in [9.17, 15) is 9.18 Å². The van der Waals surface area contributed by atoms with Gasteiger partial charge in [0.2, 0.25) is 0 Å².